The molecule has 4 unspecified atom stereocenters. The quantitative estimate of drug-likeness (QED) is 0.151. The standard InChI is InChI=1S/C23H35N5O7/c1-13(2)10-18(23(34)35)28-22(33)17(11-14-6-4-3-5-7-14)27-21(32)16(8-9-19(25)30)26-20(31)15(24)12-29/h3-7,13,15-18,29H,8-12,24H2,1-2H3,(H2,25,30)(H,26,31)(H,27,32)(H,28,33)(H,34,35). The molecule has 4 atom stereocenters. The zero-order chi connectivity index (χ0) is 26.5. The number of carbonyl (C=O) groups is 5. The number of primary amides is 1. The van der Waals surface area contributed by atoms with Crippen LogP contribution in [0.4, 0.5) is 0 Å². The topological polar surface area (TPSA) is 214 Å². The zero-order valence-electron chi connectivity index (χ0n) is 19.9. The summed E-state index contributed by atoms with van der Waals surface area (Å²) in [4.78, 5) is 61.1. The molecule has 0 fully saturated rings. The van der Waals surface area contributed by atoms with Crippen molar-refractivity contribution in [1.29, 1.82) is 0 Å². The summed E-state index contributed by atoms with van der Waals surface area (Å²) < 4.78 is 0. The largest absolute Gasteiger partial charge is 0.480 e. The zero-order valence-corrected chi connectivity index (χ0v) is 19.9. The number of hydrogen-bond acceptors (Lipinski definition) is 7. The minimum atomic E-state index is -1.30. The Morgan fingerprint density at radius 1 is 0.886 bits per heavy atom. The van der Waals surface area contributed by atoms with Crippen molar-refractivity contribution in [3.8, 4) is 0 Å². The van der Waals surface area contributed by atoms with Crippen molar-refractivity contribution < 1.29 is 34.2 Å². The summed E-state index contributed by atoms with van der Waals surface area (Å²) in [7, 11) is 0. The van der Waals surface area contributed by atoms with Gasteiger partial charge >= 0.3 is 5.97 Å². The molecule has 0 bridgehead atoms. The van der Waals surface area contributed by atoms with Gasteiger partial charge in [0.25, 0.3) is 0 Å². The first-order valence-electron chi connectivity index (χ1n) is 11.3. The van der Waals surface area contributed by atoms with Crippen LogP contribution >= 0.6 is 0 Å². The van der Waals surface area contributed by atoms with Crippen LogP contribution in [0.1, 0.15) is 38.7 Å². The molecule has 0 saturated carbocycles. The Labute approximate surface area is 203 Å². The lowest BCUT2D eigenvalue weighted by molar-refractivity contribution is -0.142. The molecule has 35 heavy (non-hydrogen) atoms. The summed E-state index contributed by atoms with van der Waals surface area (Å²) in [5.74, 6) is -4.27. The van der Waals surface area contributed by atoms with Crippen molar-refractivity contribution in [2.45, 2.75) is 63.7 Å². The van der Waals surface area contributed by atoms with Gasteiger partial charge in [0, 0.05) is 12.8 Å². The molecule has 0 aromatic heterocycles. The van der Waals surface area contributed by atoms with Crippen LogP contribution in [-0.4, -0.2) is 70.6 Å². The summed E-state index contributed by atoms with van der Waals surface area (Å²) in [5.41, 5.74) is 11.4. The summed E-state index contributed by atoms with van der Waals surface area (Å²) in [6.07, 6.45) is -0.184. The molecular weight excluding hydrogens is 458 g/mol. The van der Waals surface area contributed by atoms with Gasteiger partial charge in [0.05, 0.1) is 6.61 Å². The van der Waals surface area contributed by atoms with Gasteiger partial charge in [0.2, 0.25) is 23.6 Å². The van der Waals surface area contributed by atoms with E-state index in [0.29, 0.717) is 5.56 Å². The molecule has 0 heterocycles. The third-order valence-corrected chi connectivity index (χ3v) is 5.08. The number of carboxylic acid groups (broad SMARTS) is 1. The molecule has 1 aromatic rings. The van der Waals surface area contributed by atoms with Crippen molar-refractivity contribution >= 4 is 29.6 Å². The highest BCUT2D eigenvalue weighted by molar-refractivity contribution is 5.94. The summed E-state index contributed by atoms with van der Waals surface area (Å²) >= 11 is 0. The molecule has 0 saturated heterocycles. The molecule has 0 radical (unpaired) electrons. The number of nitrogens with two attached hydrogens (primary N) is 2. The minimum Gasteiger partial charge on any atom is -0.480 e. The van der Waals surface area contributed by atoms with Crippen LogP contribution < -0.4 is 27.4 Å². The van der Waals surface area contributed by atoms with Crippen molar-refractivity contribution in [1.82, 2.24) is 16.0 Å². The molecule has 0 aliphatic carbocycles. The fraction of sp³-hybridized carbons (Fsp3) is 0.522. The Kier molecular flexibility index (Phi) is 12.4. The number of carbonyl (C=O) groups excluding carboxylic acids is 4. The third-order valence-electron chi connectivity index (χ3n) is 5.08. The number of aliphatic carboxylic acids is 1. The van der Waals surface area contributed by atoms with E-state index in [2.05, 4.69) is 16.0 Å². The predicted molar refractivity (Wildman–Crippen MR) is 127 cm³/mol. The number of hydrogen-bond donors (Lipinski definition) is 7. The van der Waals surface area contributed by atoms with E-state index in [0.717, 1.165) is 0 Å². The van der Waals surface area contributed by atoms with Crippen LogP contribution in [0, 0.1) is 5.92 Å². The summed E-state index contributed by atoms with van der Waals surface area (Å²) in [5, 5.41) is 25.9. The molecule has 12 nitrogen and oxygen atoms in total. The van der Waals surface area contributed by atoms with E-state index in [-0.39, 0.29) is 31.6 Å². The molecule has 0 aliphatic rings. The van der Waals surface area contributed by atoms with Crippen molar-refractivity contribution in [2.75, 3.05) is 6.61 Å². The first-order chi connectivity index (χ1) is 16.4. The number of carboxylic acids is 1. The molecule has 0 aliphatic heterocycles. The summed E-state index contributed by atoms with van der Waals surface area (Å²) in [6.45, 7) is 2.96. The highest BCUT2D eigenvalue weighted by Crippen LogP contribution is 2.09. The second kappa shape index (κ2) is 14.7. The lowest BCUT2D eigenvalue weighted by Gasteiger charge is -2.25. The maximum Gasteiger partial charge on any atom is 0.326 e. The highest BCUT2D eigenvalue weighted by Gasteiger charge is 2.30. The van der Waals surface area contributed by atoms with E-state index in [4.69, 9.17) is 16.6 Å². The molecule has 1 rings (SSSR count). The predicted octanol–water partition coefficient (Wildman–Crippen LogP) is -1.60. The molecular formula is C23H35N5O7. The van der Waals surface area contributed by atoms with Gasteiger partial charge in [-0.25, -0.2) is 4.79 Å². The third kappa shape index (κ3) is 11.0. The van der Waals surface area contributed by atoms with Crippen LogP contribution in [0.25, 0.3) is 0 Å². The SMILES string of the molecule is CC(C)CC(NC(=O)C(Cc1ccccc1)NC(=O)C(CCC(N)=O)NC(=O)C(N)CO)C(=O)O. The average molecular weight is 494 g/mol. The van der Waals surface area contributed by atoms with Crippen LogP contribution in [0.2, 0.25) is 0 Å². The number of aliphatic hydroxyl groups excluding tert-OH is 1. The number of benzene rings is 1. The van der Waals surface area contributed by atoms with Crippen LogP contribution in [0.3, 0.4) is 0 Å². The first-order valence-corrected chi connectivity index (χ1v) is 11.3. The van der Waals surface area contributed by atoms with Crippen molar-refractivity contribution in [3.05, 3.63) is 35.9 Å². The lowest BCUT2D eigenvalue weighted by atomic mass is 10.0. The van der Waals surface area contributed by atoms with Crippen molar-refractivity contribution in [3.63, 3.8) is 0 Å². The van der Waals surface area contributed by atoms with Gasteiger partial charge in [0.15, 0.2) is 0 Å². The van der Waals surface area contributed by atoms with Gasteiger partial charge in [-0.05, 0) is 24.3 Å². The van der Waals surface area contributed by atoms with Gasteiger partial charge in [0.1, 0.15) is 24.2 Å². The van der Waals surface area contributed by atoms with Crippen LogP contribution in [-0.2, 0) is 30.4 Å². The molecule has 9 N–H and O–H groups in total. The van der Waals surface area contributed by atoms with Crippen molar-refractivity contribution in [2.24, 2.45) is 17.4 Å². The normalized spacial score (nSPS) is 14.3. The fourth-order valence-corrected chi connectivity index (χ4v) is 3.21. The van der Waals surface area contributed by atoms with E-state index in [1.807, 2.05) is 13.8 Å². The Balaban J connectivity index is 3.13. The van der Waals surface area contributed by atoms with E-state index in [9.17, 15) is 29.1 Å². The van der Waals surface area contributed by atoms with Gasteiger partial charge < -0.3 is 37.6 Å². The average Bonchev–Trinajstić information content (AvgIpc) is 2.80. The smallest absolute Gasteiger partial charge is 0.326 e. The Hall–Kier alpha value is -3.51. The minimum absolute atomic E-state index is 0.0114. The molecule has 194 valence electrons. The van der Waals surface area contributed by atoms with Crippen LogP contribution in [0.5, 0.6) is 0 Å². The Morgan fingerprint density at radius 3 is 1.94 bits per heavy atom. The second-order valence-corrected chi connectivity index (χ2v) is 8.64. The van der Waals surface area contributed by atoms with E-state index in [1.54, 1.807) is 30.3 Å². The van der Waals surface area contributed by atoms with Gasteiger partial charge in [-0.1, -0.05) is 44.2 Å². The maximum absolute atomic E-state index is 13.0. The molecule has 12 heteroatoms. The van der Waals surface area contributed by atoms with Crippen LogP contribution in [0.15, 0.2) is 30.3 Å². The molecule has 4 amide bonds. The Morgan fingerprint density at radius 2 is 1.43 bits per heavy atom. The Bertz CT molecular complexity index is 878. The van der Waals surface area contributed by atoms with Gasteiger partial charge in [-0.2, -0.15) is 0 Å². The maximum atomic E-state index is 13.0. The first kappa shape index (κ1) is 29.5. The number of rotatable bonds is 15. The lowest BCUT2D eigenvalue weighted by Crippen LogP contribution is -2.58. The number of amides is 4. The van der Waals surface area contributed by atoms with Gasteiger partial charge in [-0.15, -0.1) is 0 Å². The number of aliphatic hydroxyl groups is 1. The second-order valence-electron chi connectivity index (χ2n) is 8.64. The molecule has 0 spiro atoms. The molecule has 1 aromatic carbocycles. The van der Waals surface area contributed by atoms with E-state index >= 15 is 0 Å². The highest BCUT2D eigenvalue weighted by atomic mass is 16.4. The number of nitrogens with one attached hydrogen (secondary N) is 3. The van der Waals surface area contributed by atoms with E-state index in [1.165, 1.54) is 0 Å². The fourth-order valence-electron chi connectivity index (χ4n) is 3.21. The monoisotopic (exact) mass is 493 g/mol. The van der Waals surface area contributed by atoms with E-state index < -0.39 is 60.4 Å². The van der Waals surface area contributed by atoms with Gasteiger partial charge in [-0.3, -0.25) is 19.2 Å². The summed E-state index contributed by atoms with van der Waals surface area (Å²) in [6, 6.07) is 3.83.